The van der Waals surface area contributed by atoms with Crippen molar-refractivity contribution in [2.75, 3.05) is 0 Å². The Morgan fingerprint density at radius 3 is 1.85 bits per heavy atom. The van der Waals surface area contributed by atoms with E-state index in [2.05, 4.69) is 50.2 Å². The van der Waals surface area contributed by atoms with E-state index in [9.17, 15) is 0 Å². The zero-order valence-corrected chi connectivity index (χ0v) is 15.8. The summed E-state index contributed by atoms with van der Waals surface area (Å²) >= 11 is 0. The monoisotopic (exact) mass is 282 g/mol. The first-order chi connectivity index (χ1) is 9.51. The van der Waals surface area contributed by atoms with Crippen molar-refractivity contribution in [1.82, 2.24) is 5.32 Å². The Morgan fingerprint density at radius 2 is 1.50 bits per heavy atom. The smallest absolute Gasteiger partial charge is 0.0986 e. The predicted octanol–water partition coefficient (Wildman–Crippen LogP) is 6.11. The Hall–Kier alpha value is -1.05. The van der Waals surface area contributed by atoms with E-state index in [1.54, 1.807) is 0 Å². The Kier molecular flexibility index (Phi) is 17.2. The van der Waals surface area contributed by atoms with Gasteiger partial charge in [0.25, 0.3) is 0 Å². The second kappa shape index (κ2) is 14.4. The molecule has 0 radical (unpaired) electrons. The largest absolute Gasteiger partial charge is 0.344 e. The number of hydrogen-bond acceptors (Lipinski definition) is 2. The van der Waals surface area contributed by atoms with Crippen molar-refractivity contribution in [3.8, 4) is 0 Å². The normalized spacial score (nSPS) is 19.2. The molecule has 0 unspecified atom stereocenters. The molecule has 1 aliphatic rings. The van der Waals surface area contributed by atoms with Gasteiger partial charge in [-0.05, 0) is 39.7 Å². The molecule has 1 N–H and O–H groups in total. The first-order valence-corrected chi connectivity index (χ1v) is 8.22. The van der Waals surface area contributed by atoms with E-state index in [-0.39, 0.29) is 5.54 Å². The highest BCUT2D eigenvalue weighted by Crippen LogP contribution is 2.29. The van der Waals surface area contributed by atoms with Crippen molar-refractivity contribution in [2.45, 2.75) is 88.1 Å². The molecule has 0 amide bonds. The number of nitrogens with zero attached hydrogens (tertiary/aromatic N) is 1. The second-order valence-corrected chi connectivity index (χ2v) is 4.11. The van der Waals surface area contributed by atoms with Crippen LogP contribution < -0.4 is 5.32 Å². The minimum Gasteiger partial charge on any atom is -0.344 e. The van der Waals surface area contributed by atoms with Crippen LogP contribution in [0, 0.1) is 0 Å². The number of amidine groups is 1. The summed E-state index contributed by atoms with van der Waals surface area (Å²) in [6.07, 6.45) is 5.41. The van der Waals surface area contributed by atoms with E-state index in [1.807, 2.05) is 48.5 Å². The van der Waals surface area contributed by atoms with Gasteiger partial charge in [-0.1, -0.05) is 60.6 Å². The van der Waals surface area contributed by atoms with Crippen LogP contribution in [0.2, 0.25) is 0 Å². The maximum atomic E-state index is 4.61. The standard InChI is InChI=1S/C12H20N2.3C2H6/c1-6-8-10-11(7-2)13-9(3)14-12(10,4)5;3*1-2/h7-8H,6H2,1-5H3,(H,13,14);3*1-2H3/b10-8+,11-7+;;;. The number of hydrogen-bond donors (Lipinski definition) is 1. The van der Waals surface area contributed by atoms with Gasteiger partial charge in [0.15, 0.2) is 0 Å². The van der Waals surface area contributed by atoms with Crippen LogP contribution in [0.3, 0.4) is 0 Å². The molecular formula is C18H38N2. The molecule has 0 aromatic rings. The molecule has 1 aliphatic heterocycles. The highest BCUT2D eigenvalue weighted by molar-refractivity contribution is 5.84. The molecule has 0 fully saturated rings. The van der Waals surface area contributed by atoms with Crippen LogP contribution in [0.1, 0.15) is 82.6 Å². The lowest BCUT2D eigenvalue weighted by Gasteiger charge is -2.32. The lowest BCUT2D eigenvalue weighted by molar-refractivity contribution is 0.592. The SMILES string of the molecule is C/C=C1/NC(C)=NC(C)(C)/C1=C/CC.CC.CC.CC. The summed E-state index contributed by atoms with van der Waals surface area (Å²) in [5.74, 6) is 0.997. The zero-order valence-electron chi connectivity index (χ0n) is 15.8. The fraction of sp³-hybridized carbons (Fsp3) is 0.722. The van der Waals surface area contributed by atoms with Gasteiger partial charge in [0, 0.05) is 5.70 Å². The number of allylic oxidation sites excluding steroid dienone is 2. The maximum Gasteiger partial charge on any atom is 0.0986 e. The number of rotatable bonds is 1. The molecular weight excluding hydrogens is 244 g/mol. The first kappa shape index (κ1) is 24.0. The third kappa shape index (κ3) is 8.19. The van der Waals surface area contributed by atoms with Gasteiger partial charge in [0.2, 0.25) is 0 Å². The Balaban J connectivity index is -0.000000425. The topological polar surface area (TPSA) is 24.4 Å². The molecule has 0 aliphatic carbocycles. The second-order valence-electron chi connectivity index (χ2n) is 4.11. The van der Waals surface area contributed by atoms with Crippen molar-refractivity contribution in [2.24, 2.45) is 4.99 Å². The van der Waals surface area contributed by atoms with Crippen LogP contribution in [0.15, 0.2) is 28.4 Å². The van der Waals surface area contributed by atoms with Crippen LogP contribution in [-0.4, -0.2) is 11.4 Å². The Bertz CT molecular complexity index is 307. The summed E-state index contributed by atoms with van der Waals surface area (Å²) in [5, 5.41) is 3.30. The van der Waals surface area contributed by atoms with E-state index < -0.39 is 0 Å². The van der Waals surface area contributed by atoms with E-state index in [0.29, 0.717) is 0 Å². The van der Waals surface area contributed by atoms with Gasteiger partial charge in [0.1, 0.15) is 0 Å². The summed E-state index contributed by atoms with van der Waals surface area (Å²) < 4.78 is 0. The van der Waals surface area contributed by atoms with E-state index in [4.69, 9.17) is 0 Å². The van der Waals surface area contributed by atoms with Crippen molar-refractivity contribution in [3.63, 3.8) is 0 Å². The summed E-state index contributed by atoms with van der Waals surface area (Å²) in [7, 11) is 0. The van der Waals surface area contributed by atoms with Gasteiger partial charge in [-0.3, -0.25) is 4.99 Å². The first-order valence-electron chi connectivity index (χ1n) is 8.22. The van der Waals surface area contributed by atoms with Crippen molar-refractivity contribution in [1.29, 1.82) is 0 Å². The number of nitrogens with one attached hydrogen (secondary N) is 1. The molecule has 0 aromatic carbocycles. The summed E-state index contributed by atoms with van der Waals surface area (Å²) in [5.41, 5.74) is 2.41. The summed E-state index contributed by atoms with van der Waals surface area (Å²) in [6.45, 7) is 22.5. The molecule has 0 atom stereocenters. The van der Waals surface area contributed by atoms with Gasteiger partial charge in [-0.25, -0.2) is 0 Å². The molecule has 1 rings (SSSR count). The van der Waals surface area contributed by atoms with Crippen LogP contribution in [0.25, 0.3) is 0 Å². The van der Waals surface area contributed by atoms with Crippen molar-refractivity contribution < 1.29 is 0 Å². The predicted molar refractivity (Wildman–Crippen MR) is 96.5 cm³/mol. The third-order valence-corrected chi connectivity index (χ3v) is 2.41. The van der Waals surface area contributed by atoms with Crippen LogP contribution >= 0.6 is 0 Å². The summed E-state index contributed by atoms with van der Waals surface area (Å²) in [4.78, 5) is 4.61. The van der Waals surface area contributed by atoms with E-state index >= 15 is 0 Å². The van der Waals surface area contributed by atoms with Gasteiger partial charge in [0.05, 0.1) is 11.4 Å². The molecule has 0 spiro atoms. The lowest BCUT2D eigenvalue weighted by Crippen LogP contribution is -2.37. The van der Waals surface area contributed by atoms with Crippen molar-refractivity contribution >= 4 is 5.84 Å². The molecule has 1 heterocycles. The van der Waals surface area contributed by atoms with Crippen molar-refractivity contribution in [3.05, 3.63) is 23.4 Å². The minimum absolute atomic E-state index is 0.0901. The average molecular weight is 283 g/mol. The summed E-state index contributed by atoms with van der Waals surface area (Å²) in [6, 6.07) is 0. The van der Waals surface area contributed by atoms with Gasteiger partial charge < -0.3 is 5.32 Å². The molecule has 2 nitrogen and oxygen atoms in total. The third-order valence-electron chi connectivity index (χ3n) is 2.41. The van der Waals surface area contributed by atoms with Gasteiger partial charge >= 0.3 is 0 Å². The fourth-order valence-corrected chi connectivity index (χ4v) is 1.89. The molecule has 0 saturated heterocycles. The van der Waals surface area contributed by atoms with Crippen LogP contribution in [0.5, 0.6) is 0 Å². The van der Waals surface area contributed by atoms with E-state index in [1.165, 1.54) is 11.3 Å². The molecule has 0 bridgehead atoms. The Labute approximate surface area is 128 Å². The fourth-order valence-electron chi connectivity index (χ4n) is 1.89. The molecule has 120 valence electrons. The van der Waals surface area contributed by atoms with Gasteiger partial charge in [-0.2, -0.15) is 0 Å². The maximum absolute atomic E-state index is 4.61. The van der Waals surface area contributed by atoms with Crippen LogP contribution in [-0.2, 0) is 0 Å². The molecule has 20 heavy (non-hydrogen) atoms. The van der Waals surface area contributed by atoms with Crippen LogP contribution in [0.4, 0.5) is 0 Å². The van der Waals surface area contributed by atoms with E-state index in [0.717, 1.165) is 12.3 Å². The Morgan fingerprint density at radius 1 is 1.05 bits per heavy atom. The molecule has 0 saturated carbocycles. The molecule has 2 heteroatoms. The zero-order chi connectivity index (χ0) is 16.8. The lowest BCUT2D eigenvalue weighted by atomic mass is 9.89. The average Bonchev–Trinajstić information content (AvgIpc) is 2.47. The molecule has 0 aromatic heterocycles. The number of aliphatic imine (C=N–C) groups is 1. The minimum atomic E-state index is -0.0901. The van der Waals surface area contributed by atoms with Gasteiger partial charge in [-0.15, -0.1) is 0 Å². The quantitative estimate of drug-likeness (QED) is 0.617. The highest BCUT2D eigenvalue weighted by Gasteiger charge is 2.28. The highest BCUT2D eigenvalue weighted by atomic mass is 15.1.